The lowest BCUT2D eigenvalue weighted by Gasteiger charge is -2.22. The number of aliphatic hydroxyl groups is 2. The summed E-state index contributed by atoms with van der Waals surface area (Å²) in [5.41, 5.74) is 0. The molecule has 0 amide bonds. The SMILES string of the molecule is OC(O)C(F)(F)C1C=CC=CC=C1. The second-order valence-electron chi connectivity index (χ2n) is 2.73. The van der Waals surface area contributed by atoms with Gasteiger partial charge in [0.05, 0.1) is 5.92 Å². The molecule has 0 unspecified atom stereocenters. The second kappa shape index (κ2) is 3.81. The molecule has 0 aromatic carbocycles. The van der Waals surface area contributed by atoms with E-state index in [2.05, 4.69) is 0 Å². The van der Waals surface area contributed by atoms with Crippen LogP contribution in [-0.4, -0.2) is 22.4 Å². The molecule has 0 aromatic heterocycles. The molecule has 0 bridgehead atoms. The Balaban J connectivity index is 2.82. The van der Waals surface area contributed by atoms with Gasteiger partial charge in [-0.1, -0.05) is 36.5 Å². The van der Waals surface area contributed by atoms with Gasteiger partial charge in [-0.15, -0.1) is 0 Å². The fourth-order valence-electron chi connectivity index (χ4n) is 0.989. The largest absolute Gasteiger partial charge is 0.363 e. The van der Waals surface area contributed by atoms with Crippen molar-refractivity contribution in [2.24, 2.45) is 5.92 Å². The van der Waals surface area contributed by atoms with E-state index < -0.39 is 18.1 Å². The first kappa shape index (κ1) is 10.1. The molecule has 1 rings (SSSR count). The standard InChI is InChI=1S/C9H10F2O2/c10-9(11,8(12)13)7-5-3-1-2-4-6-7/h1-8,12-13H. The zero-order valence-corrected chi connectivity index (χ0v) is 6.77. The highest BCUT2D eigenvalue weighted by atomic mass is 19.3. The van der Waals surface area contributed by atoms with Crippen LogP contribution in [0.1, 0.15) is 0 Å². The molecule has 13 heavy (non-hydrogen) atoms. The van der Waals surface area contributed by atoms with Crippen molar-refractivity contribution in [2.45, 2.75) is 12.2 Å². The summed E-state index contributed by atoms with van der Waals surface area (Å²) in [6, 6.07) is 0. The van der Waals surface area contributed by atoms with E-state index in [0.29, 0.717) is 0 Å². The molecule has 0 spiro atoms. The van der Waals surface area contributed by atoms with Crippen LogP contribution < -0.4 is 0 Å². The van der Waals surface area contributed by atoms with Gasteiger partial charge >= 0.3 is 5.92 Å². The van der Waals surface area contributed by atoms with Gasteiger partial charge in [0.1, 0.15) is 0 Å². The number of aliphatic hydroxyl groups excluding tert-OH is 1. The maximum absolute atomic E-state index is 13.0. The Hall–Kier alpha value is -1.00. The molecule has 0 saturated carbocycles. The lowest BCUT2D eigenvalue weighted by atomic mass is 10.0. The molecule has 1 aliphatic carbocycles. The van der Waals surface area contributed by atoms with E-state index in [9.17, 15) is 8.78 Å². The van der Waals surface area contributed by atoms with Gasteiger partial charge in [-0.3, -0.25) is 0 Å². The predicted molar refractivity (Wildman–Crippen MR) is 44.1 cm³/mol. The van der Waals surface area contributed by atoms with Gasteiger partial charge in [-0.25, -0.2) is 0 Å². The smallest absolute Gasteiger partial charge is 0.307 e. The maximum atomic E-state index is 13.0. The van der Waals surface area contributed by atoms with Crippen LogP contribution in [0.5, 0.6) is 0 Å². The Kier molecular flexibility index (Phi) is 2.95. The monoisotopic (exact) mass is 188 g/mol. The number of allylic oxidation sites excluding steroid dienone is 6. The fraction of sp³-hybridized carbons (Fsp3) is 0.333. The molecule has 0 atom stereocenters. The van der Waals surface area contributed by atoms with E-state index in [1.54, 1.807) is 12.2 Å². The van der Waals surface area contributed by atoms with Crippen molar-refractivity contribution in [3.63, 3.8) is 0 Å². The minimum absolute atomic E-state index is 1.22. The van der Waals surface area contributed by atoms with E-state index in [-0.39, 0.29) is 0 Å². The third kappa shape index (κ3) is 2.23. The fourth-order valence-corrected chi connectivity index (χ4v) is 0.989. The molecule has 0 heterocycles. The van der Waals surface area contributed by atoms with Crippen LogP contribution in [0, 0.1) is 5.92 Å². The van der Waals surface area contributed by atoms with Gasteiger partial charge in [0.25, 0.3) is 0 Å². The molecular weight excluding hydrogens is 178 g/mol. The van der Waals surface area contributed by atoms with Gasteiger partial charge in [0, 0.05) is 0 Å². The highest BCUT2D eigenvalue weighted by Crippen LogP contribution is 2.30. The summed E-state index contributed by atoms with van der Waals surface area (Å²) in [4.78, 5) is 0. The third-order valence-corrected chi connectivity index (χ3v) is 1.76. The number of hydrogen-bond acceptors (Lipinski definition) is 2. The Morgan fingerprint density at radius 3 is 1.85 bits per heavy atom. The average molecular weight is 188 g/mol. The molecule has 1 aliphatic rings. The first-order chi connectivity index (χ1) is 6.05. The Morgan fingerprint density at radius 1 is 1.00 bits per heavy atom. The van der Waals surface area contributed by atoms with E-state index in [4.69, 9.17) is 10.2 Å². The molecular formula is C9H10F2O2. The minimum Gasteiger partial charge on any atom is -0.363 e. The molecule has 0 aliphatic heterocycles. The Bertz CT molecular complexity index is 238. The maximum Gasteiger partial charge on any atom is 0.307 e. The molecule has 2 N–H and O–H groups in total. The molecule has 2 nitrogen and oxygen atoms in total. The van der Waals surface area contributed by atoms with Crippen molar-refractivity contribution in [3.8, 4) is 0 Å². The minimum atomic E-state index is -3.54. The van der Waals surface area contributed by atoms with Crippen LogP contribution in [0.15, 0.2) is 36.5 Å². The van der Waals surface area contributed by atoms with E-state index in [0.717, 1.165) is 0 Å². The van der Waals surface area contributed by atoms with Crippen LogP contribution in [0.25, 0.3) is 0 Å². The van der Waals surface area contributed by atoms with Gasteiger partial charge in [-0.2, -0.15) is 8.78 Å². The second-order valence-corrected chi connectivity index (χ2v) is 2.73. The summed E-state index contributed by atoms with van der Waals surface area (Å²) >= 11 is 0. The zero-order chi connectivity index (χ0) is 9.90. The molecule has 0 fully saturated rings. The predicted octanol–water partition coefficient (Wildman–Crippen LogP) is 1.23. The van der Waals surface area contributed by atoms with E-state index in [1.165, 1.54) is 24.3 Å². The van der Waals surface area contributed by atoms with Crippen LogP contribution in [-0.2, 0) is 0 Å². The summed E-state index contributed by atoms with van der Waals surface area (Å²) in [5.74, 6) is -4.82. The number of halogens is 2. The van der Waals surface area contributed by atoms with E-state index in [1.807, 2.05) is 0 Å². The first-order valence-corrected chi connectivity index (χ1v) is 3.81. The van der Waals surface area contributed by atoms with Crippen molar-refractivity contribution in [1.29, 1.82) is 0 Å². The van der Waals surface area contributed by atoms with Crippen LogP contribution in [0.3, 0.4) is 0 Å². The average Bonchev–Trinajstić information content (AvgIpc) is 2.31. The third-order valence-electron chi connectivity index (χ3n) is 1.76. The quantitative estimate of drug-likeness (QED) is 0.640. The summed E-state index contributed by atoms with van der Waals surface area (Å²) in [5, 5.41) is 16.9. The van der Waals surface area contributed by atoms with Gasteiger partial charge < -0.3 is 10.2 Å². The highest BCUT2D eigenvalue weighted by molar-refractivity contribution is 5.21. The van der Waals surface area contributed by atoms with Gasteiger partial charge in [0.2, 0.25) is 6.29 Å². The molecule has 72 valence electrons. The van der Waals surface area contributed by atoms with Crippen molar-refractivity contribution >= 4 is 0 Å². The van der Waals surface area contributed by atoms with Gasteiger partial charge in [-0.05, 0) is 0 Å². The van der Waals surface area contributed by atoms with Gasteiger partial charge in [0.15, 0.2) is 0 Å². The molecule has 0 aromatic rings. The summed E-state index contributed by atoms with van der Waals surface area (Å²) in [6.07, 6.45) is 5.89. The summed E-state index contributed by atoms with van der Waals surface area (Å²) < 4.78 is 26.0. The number of rotatable bonds is 2. The van der Waals surface area contributed by atoms with Crippen molar-refractivity contribution in [1.82, 2.24) is 0 Å². The van der Waals surface area contributed by atoms with Crippen molar-refractivity contribution in [2.75, 3.05) is 0 Å². The number of alkyl halides is 2. The highest BCUT2D eigenvalue weighted by Gasteiger charge is 2.43. The van der Waals surface area contributed by atoms with Crippen LogP contribution in [0.4, 0.5) is 8.78 Å². The Morgan fingerprint density at radius 2 is 1.46 bits per heavy atom. The molecule has 4 heteroatoms. The molecule has 0 radical (unpaired) electrons. The van der Waals surface area contributed by atoms with E-state index >= 15 is 0 Å². The normalized spacial score (nSPS) is 18.2. The number of hydrogen-bond donors (Lipinski definition) is 2. The zero-order valence-electron chi connectivity index (χ0n) is 6.77. The first-order valence-electron chi connectivity index (χ1n) is 3.81. The molecule has 0 saturated heterocycles. The summed E-state index contributed by atoms with van der Waals surface area (Å²) in [6.45, 7) is 0. The van der Waals surface area contributed by atoms with Crippen LogP contribution >= 0.6 is 0 Å². The van der Waals surface area contributed by atoms with Crippen molar-refractivity contribution < 1.29 is 19.0 Å². The summed E-state index contributed by atoms with van der Waals surface area (Å²) in [7, 11) is 0. The lowest BCUT2D eigenvalue weighted by Crippen LogP contribution is -2.39. The lowest BCUT2D eigenvalue weighted by molar-refractivity contribution is -0.219. The van der Waals surface area contributed by atoms with Crippen LogP contribution in [0.2, 0.25) is 0 Å². The Labute approximate surface area is 74.5 Å². The topological polar surface area (TPSA) is 40.5 Å². The van der Waals surface area contributed by atoms with Crippen molar-refractivity contribution in [3.05, 3.63) is 36.5 Å².